The average Bonchev–Trinajstić information content (AvgIpc) is 2.78. The summed E-state index contributed by atoms with van der Waals surface area (Å²) in [6.07, 6.45) is 5.43. The zero-order valence-electron chi connectivity index (χ0n) is 11.1. The molecule has 0 spiro atoms. The van der Waals surface area contributed by atoms with Gasteiger partial charge >= 0.3 is 0 Å². The van der Waals surface area contributed by atoms with E-state index in [0.29, 0.717) is 6.54 Å². The lowest BCUT2D eigenvalue weighted by atomic mass is 9.94. The Morgan fingerprint density at radius 3 is 2.72 bits per heavy atom. The summed E-state index contributed by atoms with van der Waals surface area (Å²) in [5, 5.41) is 11.4. The van der Waals surface area contributed by atoms with Crippen LogP contribution in [0.25, 0.3) is 5.65 Å². The number of hydrogen-bond donors (Lipinski definition) is 2. The highest BCUT2D eigenvalue weighted by molar-refractivity contribution is 5.62. The zero-order valence-corrected chi connectivity index (χ0v) is 11.1. The van der Waals surface area contributed by atoms with Gasteiger partial charge in [0.05, 0.1) is 0 Å². The van der Waals surface area contributed by atoms with Gasteiger partial charge in [-0.15, -0.1) is 10.2 Å². The first kappa shape index (κ1) is 12.8. The highest BCUT2D eigenvalue weighted by Crippen LogP contribution is 2.16. The van der Waals surface area contributed by atoms with Crippen LogP contribution in [0.15, 0.2) is 12.4 Å². The van der Waals surface area contributed by atoms with E-state index in [1.54, 1.807) is 6.20 Å². The number of anilines is 1. The molecule has 0 aliphatic heterocycles. The zero-order chi connectivity index (χ0) is 13.2. The van der Waals surface area contributed by atoms with E-state index >= 15 is 0 Å². The van der Waals surface area contributed by atoms with Gasteiger partial charge in [-0.25, -0.2) is 4.98 Å². The lowest BCUT2D eigenvalue weighted by Gasteiger charge is -2.27. The number of aryl methyl sites for hydroxylation is 1. The van der Waals surface area contributed by atoms with Crippen LogP contribution in [0.3, 0.4) is 0 Å². The summed E-state index contributed by atoms with van der Waals surface area (Å²) in [4.78, 5) is 4.30. The van der Waals surface area contributed by atoms with Gasteiger partial charge in [0, 0.05) is 24.5 Å². The van der Waals surface area contributed by atoms with E-state index in [4.69, 9.17) is 5.73 Å². The van der Waals surface area contributed by atoms with Crippen molar-refractivity contribution in [2.45, 2.75) is 39.2 Å². The summed E-state index contributed by atoms with van der Waals surface area (Å²) in [7, 11) is 0. The van der Waals surface area contributed by atoms with Gasteiger partial charge in [-0.1, -0.05) is 13.8 Å². The quantitative estimate of drug-likeness (QED) is 0.835. The highest BCUT2D eigenvalue weighted by Gasteiger charge is 2.20. The van der Waals surface area contributed by atoms with Crippen LogP contribution in [0.1, 0.15) is 32.5 Å². The molecule has 6 nitrogen and oxygen atoms in total. The van der Waals surface area contributed by atoms with E-state index in [1.807, 2.05) is 17.5 Å². The molecule has 0 saturated carbocycles. The second-order valence-corrected chi connectivity index (χ2v) is 4.64. The van der Waals surface area contributed by atoms with Crippen molar-refractivity contribution in [1.29, 1.82) is 0 Å². The molecule has 0 aromatic carbocycles. The number of aromatic nitrogens is 4. The van der Waals surface area contributed by atoms with E-state index in [2.05, 4.69) is 34.3 Å². The van der Waals surface area contributed by atoms with E-state index < -0.39 is 0 Å². The number of nitrogens with zero attached hydrogens (tertiary/aromatic N) is 4. The van der Waals surface area contributed by atoms with Crippen molar-refractivity contribution in [1.82, 2.24) is 19.6 Å². The van der Waals surface area contributed by atoms with Crippen LogP contribution in [0.4, 0.5) is 5.82 Å². The molecule has 2 rings (SSSR count). The van der Waals surface area contributed by atoms with Crippen molar-refractivity contribution in [2.75, 3.05) is 11.9 Å². The molecule has 0 unspecified atom stereocenters. The minimum atomic E-state index is -0.205. The first-order valence-electron chi connectivity index (χ1n) is 6.28. The molecular weight excluding hydrogens is 228 g/mol. The number of nitrogens with one attached hydrogen (secondary N) is 1. The Balaban J connectivity index is 2.22. The third-order valence-corrected chi connectivity index (χ3v) is 3.51. The van der Waals surface area contributed by atoms with Crippen LogP contribution < -0.4 is 11.1 Å². The predicted molar refractivity (Wildman–Crippen MR) is 71.5 cm³/mol. The summed E-state index contributed by atoms with van der Waals surface area (Å²) in [5.74, 6) is 1.58. The van der Waals surface area contributed by atoms with Crippen molar-refractivity contribution in [2.24, 2.45) is 5.73 Å². The standard InChI is InChI=1S/C12H20N6/c1-4-12(13,5-2)8-15-10-11-17-16-9(3)18(11)7-6-14-10/h6-7H,4-5,8,13H2,1-3H3,(H,14,15). The number of hydrogen-bond acceptors (Lipinski definition) is 5. The maximum absolute atomic E-state index is 6.26. The molecule has 0 fully saturated rings. The Kier molecular flexibility index (Phi) is 3.47. The Labute approximate surface area is 107 Å². The molecular formula is C12H20N6. The minimum absolute atomic E-state index is 0.205. The van der Waals surface area contributed by atoms with Crippen molar-refractivity contribution in [3.63, 3.8) is 0 Å². The molecule has 0 atom stereocenters. The highest BCUT2D eigenvalue weighted by atomic mass is 15.3. The minimum Gasteiger partial charge on any atom is -0.365 e. The topological polar surface area (TPSA) is 81.1 Å². The van der Waals surface area contributed by atoms with Crippen LogP contribution in [-0.4, -0.2) is 31.7 Å². The fourth-order valence-electron chi connectivity index (χ4n) is 1.83. The van der Waals surface area contributed by atoms with Gasteiger partial charge in [0.2, 0.25) is 5.65 Å². The first-order chi connectivity index (χ1) is 8.59. The molecule has 0 bridgehead atoms. The Bertz CT molecular complexity index is 528. The average molecular weight is 248 g/mol. The lowest BCUT2D eigenvalue weighted by molar-refractivity contribution is 0.418. The second kappa shape index (κ2) is 4.89. The molecule has 0 radical (unpaired) electrons. The molecule has 0 aliphatic carbocycles. The van der Waals surface area contributed by atoms with Crippen LogP contribution in [0.2, 0.25) is 0 Å². The molecule has 2 aromatic heterocycles. The molecule has 18 heavy (non-hydrogen) atoms. The number of nitrogens with two attached hydrogens (primary N) is 1. The van der Waals surface area contributed by atoms with Crippen LogP contribution >= 0.6 is 0 Å². The summed E-state index contributed by atoms with van der Waals surface area (Å²) in [6.45, 7) is 6.79. The van der Waals surface area contributed by atoms with Crippen LogP contribution in [0.5, 0.6) is 0 Å². The maximum atomic E-state index is 6.26. The van der Waals surface area contributed by atoms with Crippen molar-refractivity contribution in [3.8, 4) is 0 Å². The molecule has 0 aliphatic rings. The Hall–Kier alpha value is -1.69. The van der Waals surface area contributed by atoms with Crippen LogP contribution in [0, 0.1) is 6.92 Å². The van der Waals surface area contributed by atoms with E-state index in [1.165, 1.54) is 0 Å². The third-order valence-electron chi connectivity index (χ3n) is 3.51. The fraction of sp³-hybridized carbons (Fsp3) is 0.583. The Morgan fingerprint density at radius 1 is 1.33 bits per heavy atom. The first-order valence-corrected chi connectivity index (χ1v) is 6.28. The van der Waals surface area contributed by atoms with Gasteiger partial charge in [0.25, 0.3) is 0 Å². The molecule has 0 amide bonds. The summed E-state index contributed by atoms with van der Waals surface area (Å²) in [6, 6.07) is 0. The molecule has 2 heterocycles. The van der Waals surface area contributed by atoms with Gasteiger partial charge in [0.15, 0.2) is 5.82 Å². The van der Waals surface area contributed by atoms with Gasteiger partial charge in [-0.05, 0) is 19.8 Å². The van der Waals surface area contributed by atoms with Crippen molar-refractivity contribution in [3.05, 3.63) is 18.2 Å². The van der Waals surface area contributed by atoms with Crippen molar-refractivity contribution >= 4 is 11.5 Å². The largest absolute Gasteiger partial charge is 0.365 e. The lowest BCUT2D eigenvalue weighted by Crippen LogP contribution is -2.45. The van der Waals surface area contributed by atoms with Gasteiger partial charge in [0.1, 0.15) is 5.82 Å². The van der Waals surface area contributed by atoms with E-state index in [-0.39, 0.29) is 5.54 Å². The molecule has 98 valence electrons. The molecule has 0 saturated heterocycles. The molecule has 6 heteroatoms. The summed E-state index contributed by atoms with van der Waals surface area (Å²) < 4.78 is 1.91. The fourth-order valence-corrected chi connectivity index (χ4v) is 1.83. The monoisotopic (exact) mass is 248 g/mol. The third kappa shape index (κ3) is 2.28. The summed E-state index contributed by atoms with van der Waals surface area (Å²) in [5.41, 5.74) is 6.80. The number of rotatable bonds is 5. The summed E-state index contributed by atoms with van der Waals surface area (Å²) >= 11 is 0. The van der Waals surface area contributed by atoms with E-state index in [0.717, 1.165) is 30.1 Å². The predicted octanol–water partition coefficient (Wildman–Crippen LogP) is 1.36. The Morgan fingerprint density at radius 2 is 2.06 bits per heavy atom. The van der Waals surface area contributed by atoms with Crippen LogP contribution in [-0.2, 0) is 0 Å². The second-order valence-electron chi connectivity index (χ2n) is 4.64. The molecule has 3 N–H and O–H groups in total. The van der Waals surface area contributed by atoms with Crippen molar-refractivity contribution < 1.29 is 0 Å². The normalized spacial score (nSPS) is 12.0. The maximum Gasteiger partial charge on any atom is 0.203 e. The van der Waals surface area contributed by atoms with Gasteiger partial charge in [-0.2, -0.15) is 0 Å². The van der Waals surface area contributed by atoms with E-state index in [9.17, 15) is 0 Å². The number of fused-ring (bicyclic) bond motifs is 1. The van der Waals surface area contributed by atoms with Gasteiger partial charge in [-0.3, -0.25) is 4.40 Å². The smallest absolute Gasteiger partial charge is 0.203 e. The van der Waals surface area contributed by atoms with Gasteiger partial charge < -0.3 is 11.1 Å². The SMILES string of the molecule is CCC(N)(CC)CNc1nccn2c(C)nnc12. The molecule has 2 aromatic rings.